The molecule has 3 aromatic rings. The van der Waals surface area contributed by atoms with E-state index < -0.39 is 5.97 Å². The van der Waals surface area contributed by atoms with Gasteiger partial charge >= 0.3 is 5.97 Å². The summed E-state index contributed by atoms with van der Waals surface area (Å²) in [4.78, 5) is 45.4. The molecule has 4 rings (SSSR count). The predicted octanol–water partition coefficient (Wildman–Crippen LogP) is 4.17. The lowest BCUT2D eigenvalue weighted by atomic mass is 9.95. The van der Waals surface area contributed by atoms with Crippen LogP contribution in [0.3, 0.4) is 0 Å². The molecule has 0 unspecified atom stereocenters. The second-order valence-electron chi connectivity index (χ2n) is 7.92. The number of hydrogen-bond acceptors (Lipinski definition) is 8. The molecule has 10 heteroatoms. The third-order valence-corrected chi connectivity index (χ3v) is 8.15. The van der Waals surface area contributed by atoms with E-state index in [-0.39, 0.29) is 18.1 Å². The number of hydrogen-bond donors (Lipinski definition) is 1. The minimum absolute atomic E-state index is 0.164. The maximum atomic E-state index is 13.3. The van der Waals surface area contributed by atoms with Crippen molar-refractivity contribution in [3.8, 4) is 0 Å². The molecule has 0 saturated carbocycles. The third-order valence-electron chi connectivity index (χ3n) is 5.75. The molecule has 0 aromatic carbocycles. The second kappa shape index (κ2) is 10.1. The van der Waals surface area contributed by atoms with Gasteiger partial charge in [0.15, 0.2) is 0 Å². The molecule has 1 aliphatic carbocycles. The number of ether oxygens (including phenoxy) is 2. The number of nitrogens with one attached hydrogen (secondary N) is 1. The number of carbonyl (C=O) groups is 2. The fourth-order valence-electron chi connectivity index (χ4n) is 4.15. The number of thiophene rings is 2. The maximum Gasteiger partial charge on any atom is 0.341 e. The molecule has 1 amide bonds. The molecule has 0 aliphatic heterocycles. The molecule has 1 aliphatic rings. The van der Waals surface area contributed by atoms with Crippen LogP contribution in [0.2, 0.25) is 0 Å². The van der Waals surface area contributed by atoms with E-state index in [0.717, 1.165) is 36.1 Å². The SMILES string of the molecule is CCOC(=O)c1c(NC(=O)c2sc3ncn(CCCOC)c(=O)c3c2C)sc2c1CCCC2. The standard InChI is InChI=1S/C23H27N3O5S2/c1-4-31-23(29)17-14-8-5-6-9-15(14)32-21(17)25-19(27)18-13(2)16-20(33-18)24-12-26(22(16)28)10-7-11-30-3/h12H,4-11H2,1-3H3,(H,25,27). The number of aryl methyl sites for hydroxylation is 3. The number of nitrogens with zero attached hydrogens (tertiary/aromatic N) is 2. The molecular weight excluding hydrogens is 462 g/mol. The number of rotatable bonds is 8. The number of methoxy groups -OCH3 is 1. The number of amides is 1. The first kappa shape index (κ1) is 23.6. The topological polar surface area (TPSA) is 99.5 Å². The van der Waals surface area contributed by atoms with Gasteiger partial charge in [0.1, 0.15) is 9.83 Å². The summed E-state index contributed by atoms with van der Waals surface area (Å²) >= 11 is 2.64. The summed E-state index contributed by atoms with van der Waals surface area (Å²) in [5, 5.41) is 3.92. The summed E-state index contributed by atoms with van der Waals surface area (Å²) in [6.45, 7) is 4.85. The highest BCUT2D eigenvalue weighted by molar-refractivity contribution is 7.21. The Balaban J connectivity index is 1.67. The van der Waals surface area contributed by atoms with Crippen molar-refractivity contribution in [1.29, 1.82) is 0 Å². The Bertz CT molecular complexity index is 1260. The van der Waals surface area contributed by atoms with E-state index in [2.05, 4.69) is 10.3 Å². The van der Waals surface area contributed by atoms with E-state index in [4.69, 9.17) is 9.47 Å². The molecule has 3 aromatic heterocycles. The van der Waals surface area contributed by atoms with Gasteiger partial charge in [-0.2, -0.15) is 0 Å². The van der Waals surface area contributed by atoms with Crippen LogP contribution in [0.5, 0.6) is 0 Å². The van der Waals surface area contributed by atoms with Crippen molar-refractivity contribution in [3.05, 3.63) is 43.1 Å². The summed E-state index contributed by atoms with van der Waals surface area (Å²) in [6, 6.07) is 0. The number of fused-ring (bicyclic) bond motifs is 2. The fraction of sp³-hybridized carbons (Fsp3) is 0.478. The van der Waals surface area contributed by atoms with Gasteiger partial charge in [0.05, 0.1) is 28.8 Å². The second-order valence-corrected chi connectivity index (χ2v) is 10.0. The molecule has 0 atom stereocenters. The highest BCUT2D eigenvalue weighted by Gasteiger charge is 2.28. The number of esters is 1. The normalized spacial score (nSPS) is 13.2. The van der Waals surface area contributed by atoms with Gasteiger partial charge in [-0.15, -0.1) is 22.7 Å². The van der Waals surface area contributed by atoms with Crippen LogP contribution in [0.1, 0.15) is 62.2 Å². The van der Waals surface area contributed by atoms with Crippen molar-refractivity contribution in [2.24, 2.45) is 0 Å². The van der Waals surface area contributed by atoms with Crippen LogP contribution in [-0.4, -0.2) is 41.8 Å². The van der Waals surface area contributed by atoms with Crippen molar-refractivity contribution >= 4 is 49.8 Å². The number of aromatic nitrogens is 2. The van der Waals surface area contributed by atoms with Crippen LogP contribution in [-0.2, 0) is 28.9 Å². The lowest BCUT2D eigenvalue weighted by Crippen LogP contribution is -2.21. The van der Waals surface area contributed by atoms with Gasteiger partial charge in [0.25, 0.3) is 11.5 Å². The largest absolute Gasteiger partial charge is 0.462 e. The zero-order chi connectivity index (χ0) is 23.5. The summed E-state index contributed by atoms with van der Waals surface area (Å²) < 4.78 is 11.9. The predicted molar refractivity (Wildman–Crippen MR) is 130 cm³/mol. The monoisotopic (exact) mass is 489 g/mol. The summed E-state index contributed by atoms with van der Waals surface area (Å²) in [5.41, 5.74) is 1.91. The fourth-order valence-corrected chi connectivity index (χ4v) is 6.45. The first-order valence-electron chi connectivity index (χ1n) is 11.1. The van der Waals surface area contributed by atoms with E-state index in [1.54, 1.807) is 25.5 Å². The Hall–Kier alpha value is -2.56. The van der Waals surface area contributed by atoms with Gasteiger partial charge in [-0.3, -0.25) is 14.2 Å². The zero-order valence-electron chi connectivity index (χ0n) is 19.0. The Morgan fingerprint density at radius 2 is 2.03 bits per heavy atom. The molecule has 3 heterocycles. The molecule has 8 nitrogen and oxygen atoms in total. The third kappa shape index (κ3) is 4.60. The van der Waals surface area contributed by atoms with E-state index in [1.807, 2.05) is 0 Å². The molecule has 1 N–H and O–H groups in total. The Morgan fingerprint density at radius 3 is 2.79 bits per heavy atom. The lowest BCUT2D eigenvalue weighted by molar-refractivity contribution is 0.0526. The molecule has 0 spiro atoms. The van der Waals surface area contributed by atoms with Gasteiger partial charge in [-0.05, 0) is 57.1 Å². The van der Waals surface area contributed by atoms with Crippen molar-refractivity contribution in [1.82, 2.24) is 9.55 Å². The molecule has 33 heavy (non-hydrogen) atoms. The van der Waals surface area contributed by atoms with Crippen LogP contribution < -0.4 is 10.9 Å². The van der Waals surface area contributed by atoms with Crippen molar-refractivity contribution in [2.75, 3.05) is 25.6 Å². The van der Waals surface area contributed by atoms with Crippen LogP contribution in [0.15, 0.2) is 11.1 Å². The Kier molecular flexibility index (Phi) is 7.26. The zero-order valence-corrected chi connectivity index (χ0v) is 20.6. The summed E-state index contributed by atoms with van der Waals surface area (Å²) in [7, 11) is 1.62. The molecular formula is C23H27N3O5S2. The Labute approximate surface area is 199 Å². The number of carbonyl (C=O) groups excluding carboxylic acids is 2. The highest BCUT2D eigenvalue weighted by atomic mass is 32.1. The van der Waals surface area contributed by atoms with Crippen molar-refractivity contribution in [3.63, 3.8) is 0 Å². The van der Waals surface area contributed by atoms with Gasteiger partial charge in [-0.25, -0.2) is 9.78 Å². The van der Waals surface area contributed by atoms with E-state index in [1.165, 1.54) is 29.0 Å². The average Bonchev–Trinajstić information content (AvgIpc) is 3.33. The van der Waals surface area contributed by atoms with Crippen LogP contribution in [0, 0.1) is 6.92 Å². The molecule has 176 valence electrons. The van der Waals surface area contributed by atoms with Crippen molar-refractivity contribution in [2.45, 2.75) is 52.5 Å². The smallest absolute Gasteiger partial charge is 0.341 e. The van der Waals surface area contributed by atoms with Crippen LogP contribution >= 0.6 is 22.7 Å². The van der Waals surface area contributed by atoms with Crippen LogP contribution in [0.4, 0.5) is 5.00 Å². The van der Waals surface area contributed by atoms with E-state index >= 15 is 0 Å². The number of anilines is 1. The van der Waals surface area contributed by atoms with E-state index in [0.29, 0.717) is 50.8 Å². The first-order valence-corrected chi connectivity index (χ1v) is 12.7. The maximum absolute atomic E-state index is 13.3. The van der Waals surface area contributed by atoms with Gasteiger partial charge in [0.2, 0.25) is 0 Å². The van der Waals surface area contributed by atoms with E-state index in [9.17, 15) is 14.4 Å². The van der Waals surface area contributed by atoms with Gasteiger partial charge in [0, 0.05) is 25.1 Å². The lowest BCUT2D eigenvalue weighted by Gasteiger charge is -2.12. The average molecular weight is 490 g/mol. The minimum atomic E-state index is -0.402. The van der Waals surface area contributed by atoms with Gasteiger partial charge in [-0.1, -0.05) is 0 Å². The van der Waals surface area contributed by atoms with Crippen molar-refractivity contribution < 1.29 is 19.1 Å². The molecule has 0 fully saturated rings. The first-order chi connectivity index (χ1) is 16.0. The van der Waals surface area contributed by atoms with Crippen LogP contribution in [0.25, 0.3) is 10.2 Å². The highest BCUT2D eigenvalue weighted by Crippen LogP contribution is 2.39. The molecule has 0 radical (unpaired) electrons. The molecule has 0 saturated heterocycles. The quantitative estimate of drug-likeness (QED) is 0.377. The summed E-state index contributed by atoms with van der Waals surface area (Å²) in [6.07, 6.45) is 6.01. The molecule has 0 bridgehead atoms. The van der Waals surface area contributed by atoms with Gasteiger partial charge < -0.3 is 14.8 Å². The summed E-state index contributed by atoms with van der Waals surface area (Å²) in [5.74, 6) is -0.745. The Morgan fingerprint density at radius 1 is 1.24 bits per heavy atom. The minimum Gasteiger partial charge on any atom is -0.462 e.